The number of rotatable bonds is 8. The minimum atomic E-state index is -2.91. The lowest BCUT2D eigenvalue weighted by atomic mass is 10.2. The first-order chi connectivity index (χ1) is 12.9. The molecule has 0 aliphatic carbocycles. The number of aromatic nitrogens is 1. The highest BCUT2D eigenvalue weighted by Gasteiger charge is 2.12. The average Bonchev–Trinajstić information content (AvgIpc) is 2.95. The standard InChI is InChI=1S/C18H24F2N4O2S/c1-5-21-18(23-10-16-11(2)24-12(3)27-16)22-9-13-6-7-14(25-4)8-15(13)26-17(19)20/h6-8,17H,5,9-10H2,1-4H3,(H2,21,22,23). The van der Waals surface area contributed by atoms with Crippen LogP contribution in [0.15, 0.2) is 23.2 Å². The molecule has 9 heteroatoms. The Labute approximate surface area is 161 Å². The third kappa shape index (κ3) is 6.35. The second-order valence-electron chi connectivity index (χ2n) is 5.64. The Hall–Kier alpha value is -2.42. The average molecular weight is 398 g/mol. The van der Waals surface area contributed by atoms with E-state index in [1.807, 2.05) is 20.8 Å². The Morgan fingerprint density at radius 1 is 1.30 bits per heavy atom. The number of methoxy groups -OCH3 is 1. The zero-order chi connectivity index (χ0) is 19.8. The predicted octanol–water partition coefficient (Wildman–Crippen LogP) is 3.63. The molecule has 0 aliphatic rings. The molecule has 0 radical (unpaired) electrons. The molecule has 6 nitrogen and oxygen atoms in total. The summed E-state index contributed by atoms with van der Waals surface area (Å²) in [5, 5.41) is 7.39. The molecule has 1 aromatic heterocycles. The molecule has 0 saturated heterocycles. The van der Waals surface area contributed by atoms with Crippen LogP contribution in [0, 0.1) is 13.8 Å². The Bertz CT molecular complexity index is 781. The van der Waals surface area contributed by atoms with Crippen molar-refractivity contribution in [3.05, 3.63) is 39.3 Å². The first-order valence-corrected chi connectivity index (χ1v) is 9.31. The van der Waals surface area contributed by atoms with Gasteiger partial charge in [0.25, 0.3) is 0 Å². The highest BCUT2D eigenvalue weighted by molar-refractivity contribution is 7.11. The Morgan fingerprint density at radius 3 is 2.67 bits per heavy atom. The monoisotopic (exact) mass is 398 g/mol. The van der Waals surface area contributed by atoms with Crippen LogP contribution >= 0.6 is 11.3 Å². The molecular weight excluding hydrogens is 374 g/mol. The van der Waals surface area contributed by atoms with Crippen molar-refractivity contribution in [2.24, 2.45) is 4.99 Å². The minimum Gasteiger partial charge on any atom is -0.497 e. The molecule has 0 saturated carbocycles. The smallest absolute Gasteiger partial charge is 0.387 e. The zero-order valence-electron chi connectivity index (χ0n) is 15.8. The van der Waals surface area contributed by atoms with E-state index in [9.17, 15) is 8.78 Å². The number of aliphatic imine (C=N–C) groups is 1. The number of thiazole rings is 1. The number of halogens is 2. The van der Waals surface area contributed by atoms with E-state index in [0.29, 0.717) is 30.4 Å². The van der Waals surface area contributed by atoms with E-state index in [4.69, 9.17) is 4.74 Å². The van der Waals surface area contributed by atoms with E-state index >= 15 is 0 Å². The van der Waals surface area contributed by atoms with E-state index in [0.717, 1.165) is 15.6 Å². The number of hydrogen-bond acceptors (Lipinski definition) is 5. The molecule has 0 atom stereocenters. The van der Waals surface area contributed by atoms with Gasteiger partial charge in [-0.25, -0.2) is 9.98 Å². The van der Waals surface area contributed by atoms with Crippen LogP contribution in [-0.2, 0) is 13.1 Å². The topological polar surface area (TPSA) is 67.8 Å². The van der Waals surface area contributed by atoms with Gasteiger partial charge in [0.2, 0.25) is 0 Å². The molecule has 0 spiro atoms. The number of guanidine groups is 1. The van der Waals surface area contributed by atoms with Gasteiger partial charge >= 0.3 is 6.61 Å². The number of nitrogens with one attached hydrogen (secondary N) is 2. The third-order valence-corrected chi connectivity index (χ3v) is 4.73. The minimum absolute atomic E-state index is 0.0536. The van der Waals surface area contributed by atoms with Gasteiger partial charge in [-0.2, -0.15) is 8.78 Å². The van der Waals surface area contributed by atoms with Crippen LogP contribution in [0.4, 0.5) is 8.78 Å². The first-order valence-electron chi connectivity index (χ1n) is 8.49. The molecule has 27 heavy (non-hydrogen) atoms. The van der Waals surface area contributed by atoms with E-state index in [1.165, 1.54) is 13.2 Å². The highest BCUT2D eigenvalue weighted by Crippen LogP contribution is 2.27. The van der Waals surface area contributed by atoms with Crippen molar-refractivity contribution >= 4 is 17.3 Å². The molecule has 0 aliphatic heterocycles. The number of nitrogens with zero attached hydrogens (tertiary/aromatic N) is 2. The van der Waals surface area contributed by atoms with Crippen LogP contribution in [-0.4, -0.2) is 31.2 Å². The quantitative estimate of drug-likeness (QED) is 0.525. The summed E-state index contributed by atoms with van der Waals surface area (Å²) < 4.78 is 35.0. The summed E-state index contributed by atoms with van der Waals surface area (Å²) in [5.41, 5.74) is 1.53. The molecule has 1 heterocycles. The van der Waals surface area contributed by atoms with Crippen LogP contribution in [0.25, 0.3) is 0 Å². The fourth-order valence-corrected chi connectivity index (χ4v) is 3.28. The molecule has 0 fully saturated rings. The second-order valence-corrected chi connectivity index (χ2v) is 6.93. The van der Waals surface area contributed by atoms with Gasteiger partial charge in [0.05, 0.1) is 30.9 Å². The predicted molar refractivity (Wildman–Crippen MR) is 103 cm³/mol. The van der Waals surface area contributed by atoms with Gasteiger partial charge in [-0.1, -0.05) is 0 Å². The zero-order valence-corrected chi connectivity index (χ0v) is 16.6. The molecular formula is C18H24F2N4O2S. The van der Waals surface area contributed by atoms with Crippen molar-refractivity contribution < 1.29 is 18.3 Å². The normalized spacial score (nSPS) is 11.6. The maximum Gasteiger partial charge on any atom is 0.387 e. The van der Waals surface area contributed by atoms with Crippen LogP contribution in [0.2, 0.25) is 0 Å². The van der Waals surface area contributed by atoms with Crippen LogP contribution in [0.1, 0.15) is 28.1 Å². The lowest BCUT2D eigenvalue weighted by molar-refractivity contribution is -0.0505. The van der Waals surface area contributed by atoms with Crippen LogP contribution in [0.3, 0.4) is 0 Å². The summed E-state index contributed by atoms with van der Waals surface area (Å²) >= 11 is 1.63. The Balaban J connectivity index is 2.12. The number of ether oxygens (including phenoxy) is 2. The third-order valence-electron chi connectivity index (χ3n) is 3.66. The number of aryl methyl sites for hydroxylation is 2. The van der Waals surface area contributed by atoms with Crippen LogP contribution in [0.5, 0.6) is 11.5 Å². The van der Waals surface area contributed by atoms with Gasteiger partial charge in [0, 0.05) is 23.1 Å². The van der Waals surface area contributed by atoms with E-state index < -0.39 is 6.61 Å². The summed E-state index contributed by atoms with van der Waals surface area (Å²) in [4.78, 5) is 10.0. The molecule has 1 aromatic carbocycles. The van der Waals surface area contributed by atoms with E-state index in [-0.39, 0.29) is 12.3 Å². The lowest BCUT2D eigenvalue weighted by Crippen LogP contribution is -2.36. The summed E-state index contributed by atoms with van der Waals surface area (Å²) in [7, 11) is 1.47. The van der Waals surface area contributed by atoms with Gasteiger partial charge in [-0.3, -0.25) is 0 Å². The summed E-state index contributed by atoms with van der Waals surface area (Å²) in [6.45, 7) is 4.43. The van der Waals surface area contributed by atoms with Gasteiger partial charge in [-0.15, -0.1) is 11.3 Å². The van der Waals surface area contributed by atoms with E-state index in [2.05, 4.69) is 25.3 Å². The fraction of sp³-hybridized carbons (Fsp3) is 0.444. The molecule has 0 unspecified atom stereocenters. The molecule has 2 N–H and O–H groups in total. The number of alkyl halides is 2. The Kier molecular flexibility index (Phi) is 7.78. The van der Waals surface area contributed by atoms with Crippen LogP contribution < -0.4 is 20.1 Å². The van der Waals surface area contributed by atoms with Gasteiger partial charge < -0.3 is 20.1 Å². The molecule has 148 valence electrons. The van der Waals surface area contributed by atoms with Crippen molar-refractivity contribution in [1.82, 2.24) is 15.6 Å². The lowest BCUT2D eigenvalue weighted by Gasteiger charge is -2.13. The van der Waals surface area contributed by atoms with Gasteiger partial charge in [0.15, 0.2) is 5.96 Å². The molecule has 2 rings (SSSR count). The van der Waals surface area contributed by atoms with Gasteiger partial charge in [0.1, 0.15) is 11.5 Å². The molecule has 0 amide bonds. The van der Waals surface area contributed by atoms with Gasteiger partial charge in [-0.05, 0) is 32.9 Å². The maximum absolute atomic E-state index is 12.7. The largest absolute Gasteiger partial charge is 0.497 e. The Morgan fingerprint density at radius 2 is 2.07 bits per heavy atom. The van der Waals surface area contributed by atoms with Crippen molar-refractivity contribution in [2.45, 2.75) is 40.5 Å². The summed E-state index contributed by atoms with van der Waals surface area (Å²) in [5.74, 6) is 1.08. The fourth-order valence-electron chi connectivity index (χ4n) is 2.41. The second kappa shape index (κ2) is 10.1. The van der Waals surface area contributed by atoms with E-state index in [1.54, 1.807) is 23.5 Å². The summed E-state index contributed by atoms with van der Waals surface area (Å²) in [6, 6.07) is 4.79. The first kappa shape index (κ1) is 20.9. The summed E-state index contributed by atoms with van der Waals surface area (Å²) in [6.07, 6.45) is 0. The molecule has 0 bridgehead atoms. The number of benzene rings is 1. The van der Waals surface area contributed by atoms with Crippen molar-refractivity contribution in [3.8, 4) is 11.5 Å². The maximum atomic E-state index is 12.7. The van der Waals surface area contributed by atoms with Crippen molar-refractivity contribution in [2.75, 3.05) is 13.7 Å². The van der Waals surface area contributed by atoms with Crippen molar-refractivity contribution in [1.29, 1.82) is 0 Å². The SMILES string of the molecule is CCNC(=NCc1ccc(OC)cc1OC(F)F)NCc1sc(C)nc1C. The van der Waals surface area contributed by atoms with Crippen molar-refractivity contribution in [3.63, 3.8) is 0 Å². The number of hydrogen-bond donors (Lipinski definition) is 2. The molecule has 2 aromatic rings. The highest BCUT2D eigenvalue weighted by atomic mass is 32.1.